The fourth-order valence-corrected chi connectivity index (χ4v) is 8.36. The number of guanidine groups is 2. The normalized spacial score (nSPS) is 14.0. The first-order valence-electron chi connectivity index (χ1n) is 26.6. The Balaban J connectivity index is 2.44. The third kappa shape index (κ3) is 25.0. The maximum absolute atomic E-state index is 14.5. The van der Waals surface area contributed by atoms with Gasteiger partial charge in [-0.05, 0) is 101 Å². The average Bonchev–Trinajstić information content (AvgIpc) is 3.77. The van der Waals surface area contributed by atoms with E-state index in [1.54, 1.807) is 13.1 Å². The number of amides is 7. The van der Waals surface area contributed by atoms with Crippen molar-refractivity contribution in [1.82, 2.24) is 36.9 Å². The summed E-state index contributed by atoms with van der Waals surface area (Å²) in [6.45, 7) is 6.80. The van der Waals surface area contributed by atoms with Crippen molar-refractivity contribution in [3.8, 4) is 0 Å². The molecule has 0 spiro atoms. The SMILES string of the molecule is CCCCCCCCCC(=O)N[C@@H](CCCCN)C(=O)N[C@@H](CCCCN)C(=O)N[C@H](C(=O)N[C@@H](CCCN=C(N)N)C(=O)N[C@@H](Cc1c[nH]c2ccccc12)C(=O)N[C@@H](CCCN=C(N)N)C(N)=O)[C@@H](C)CC. The zero-order valence-electron chi connectivity index (χ0n) is 44.2. The van der Waals surface area contributed by atoms with Crippen LogP contribution in [0.2, 0.25) is 0 Å². The van der Waals surface area contributed by atoms with Crippen LogP contribution >= 0.6 is 0 Å². The summed E-state index contributed by atoms with van der Waals surface area (Å²) >= 11 is 0. The molecular formula is C51H90N16O7. The second kappa shape index (κ2) is 36.4. The molecule has 2 aromatic rings. The molecule has 0 aliphatic heterocycles. The van der Waals surface area contributed by atoms with Crippen LogP contribution in [-0.2, 0) is 40.0 Å². The average molecular weight is 1040 g/mol. The minimum absolute atomic E-state index is 0.000350. The minimum atomic E-state index is -1.29. The van der Waals surface area contributed by atoms with E-state index in [1.807, 2.05) is 31.2 Å². The zero-order chi connectivity index (χ0) is 54.8. The van der Waals surface area contributed by atoms with Crippen molar-refractivity contribution < 1.29 is 33.6 Å². The summed E-state index contributed by atoms with van der Waals surface area (Å²) < 4.78 is 0. The number of fused-ring (bicyclic) bond motifs is 1. The number of para-hydroxylation sites is 1. The van der Waals surface area contributed by atoms with Gasteiger partial charge in [-0.1, -0.05) is 83.9 Å². The van der Waals surface area contributed by atoms with Crippen LogP contribution in [0.5, 0.6) is 0 Å². The molecule has 1 heterocycles. The fourth-order valence-electron chi connectivity index (χ4n) is 8.36. The van der Waals surface area contributed by atoms with Crippen molar-refractivity contribution in [3.05, 3.63) is 36.0 Å². The lowest BCUT2D eigenvalue weighted by molar-refractivity contribution is -0.136. The first kappa shape index (κ1) is 63.6. The summed E-state index contributed by atoms with van der Waals surface area (Å²) in [5, 5.41) is 17.7. The monoisotopic (exact) mass is 1040 g/mol. The van der Waals surface area contributed by atoms with Crippen molar-refractivity contribution in [1.29, 1.82) is 0 Å². The van der Waals surface area contributed by atoms with Crippen LogP contribution in [0, 0.1) is 5.92 Å². The Morgan fingerprint density at radius 3 is 1.57 bits per heavy atom. The zero-order valence-corrected chi connectivity index (χ0v) is 44.2. The number of benzene rings is 1. The highest BCUT2D eigenvalue weighted by molar-refractivity contribution is 5.97. The maximum Gasteiger partial charge on any atom is 0.243 e. The smallest absolute Gasteiger partial charge is 0.243 e. The van der Waals surface area contributed by atoms with Crippen molar-refractivity contribution in [2.75, 3.05) is 26.2 Å². The molecule has 0 saturated heterocycles. The third-order valence-corrected chi connectivity index (χ3v) is 12.9. The molecule has 23 heteroatoms. The minimum Gasteiger partial charge on any atom is -0.370 e. The van der Waals surface area contributed by atoms with Gasteiger partial charge < -0.3 is 77.0 Å². The molecule has 0 bridgehead atoms. The molecule has 1 aromatic carbocycles. The number of carbonyl (C=O) groups is 7. The molecule has 1 aromatic heterocycles. The summed E-state index contributed by atoms with van der Waals surface area (Å²) in [5.74, 6) is -5.20. The summed E-state index contributed by atoms with van der Waals surface area (Å²) in [5.41, 5.74) is 40.8. The first-order valence-corrected chi connectivity index (χ1v) is 26.6. The lowest BCUT2D eigenvalue weighted by Crippen LogP contribution is -2.61. The van der Waals surface area contributed by atoms with Gasteiger partial charge in [0.2, 0.25) is 41.4 Å². The Morgan fingerprint density at radius 1 is 0.541 bits per heavy atom. The van der Waals surface area contributed by atoms with Gasteiger partial charge in [-0.2, -0.15) is 0 Å². The van der Waals surface area contributed by atoms with E-state index in [0.29, 0.717) is 70.0 Å². The molecule has 0 unspecified atom stereocenters. The van der Waals surface area contributed by atoms with Crippen LogP contribution < -0.4 is 72.0 Å². The van der Waals surface area contributed by atoms with Crippen molar-refractivity contribution in [3.63, 3.8) is 0 Å². The molecule has 416 valence electrons. The van der Waals surface area contributed by atoms with Crippen molar-refractivity contribution in [2.24, 2.45) is 56.0 Å². The Labute approximate surface area is 437 Å². The highest BCUT2D eigenvalue weighted by Crippen LogP contribution is 2.20. The Morgan fingerprint density at radius 2 is 1.01 bits per heavy atom. The molecular weight excluding hydrogens is 949 g/mol. The van der Waals surface area contributed by atoms with E-state index >= 15 is 0 Å². The summed E-state index contributed by atoms with van der Waals surface area (Å²) in [6, 6.07) is 0.453. The predicted octanol–water partition coefficient (Wildman–Crippen LogP) is 0.656. The second-order valence-corrected chi connectivity index (χ2v) is 19.0. The summed E-state index contributed by atoms with van der Waals surface area (Å²) in [4.78, 5) is 108. The third-order valence-electron chi connectivity index (χ3n) is 12.9. The van der Waals surface area contributed by atoms with Crippen LogP contribution in [0.3, 0.4) is 0 Å². The Kier molecular flexibility index (Phi) is 31.3. The number of hydrogen-bond acceptors (Lipinski definition) is 11. The molecule has 74 heavy (non-hydrogen) atoms. The fraction of sp³-hybridized carbons (Fsp3) is 0.667. The van der Waals surface area contributed by atoms with Gasteiger partial charge in [0.05, 0.1) is 0 Å². The lowest BCUT2D eigenvalue weighted by Gasteiger charge is -2.29. The van der Waals surface area contributed by atoms with E-state index in [2.05, 4.69) is 53.8 Å². The number of nitrogens with one attached hydrogen (secondary N) is 7. The van der Waals surface area contributed by atoms with E-state index in [1.165, 1.54) is 6.42 Å². The number of primary amides is 1. The second-order valence-electron chi connectivity index (χ2n) is 19.0. The van der Waals surface area contributed by atoms with E-state index in [-0.39, 0.29) is 69.4 Å². The number of nitrogens with zero attached hydrogens (tertiary/aromatic N) is 2. The molecule has 7 amide bonds. The largest absolute Gasteiger partial charge is 0.370 e. The van der Waals surface area contributed by atoms with Gasteiger partial charge in [-0.25, -0.2) is 0 Å². The molecule has 0 aliphatic carbocycles. The van der Waals surface area contributed by atoms with Gasteiger partial charge in [-0.3, -0.25) is 43.5 Å². The van der Waals surface area contributed by atoms with Gasteiger partial charge in [-0.15, -0.1) is 0 Å². The van der Waals surface area contributed by atoms with E-state index < -0.39 is 77.6 Å². The van der Waals surface area contributed by atoms with Gasteiger partial charge in [0.25, 0.3) is 0 Å². The number of aliphatic imine (C=N–C) groups is 2. The highest BCUT2D eigenvalue weighted by Gasteiger charge is 2.35. The van der Waals surface area contributed by atoms with Gasteiger partial charge in [0.15, 0.2) is 11.9 Å². The number of aromatic amines is 1. The predicted molar refractivity (Wildman–Crippen MR) is 290 cm³/mol. The van der Waals surface area contributed by atoms with Crippen molar-refractivity contribution >= 4 is 64.2 Å². The van der Waals surface area contributed by atoms with Crippen molar-refractivity contribution in [2.45, 2.75) is 185 Å². The molecule has 0 saturated carbocycles. The Hall–Kier alpha value is -6.49. The number of hydrogen-bond donors (Lipinski definition) is 14. The van der Waals surface area contributed by atoms with Crippen LogP contribution in [0.15, 0.2) is 40.4 Å². The maximum atomic E-state index is 14.5. The summed E-state index contributed by atoms with van der Waals surface area (Å²) in [7, 11) is 0. The molecule has 21 N–H and O–H groups in total. The molecule has 0 aliphatic rings. The first-order chi connectivity index (χ1) is 35.4. The number of nitrogens with two attached hydrogens (primary N) is 7. The quantitative estimate of drug-likeness (QED) is 0.0248. The molecule has 0 fully saturated rings. The van der Waals surface area contributed by atoms with Gasteiger partial charge in [0, 0.05) is 43.0 Å². The van der Waals surface area contributed by atoms with E-state index in [4.69, 9.17) is 40.1 Å². The van der Waals surface area contributed by atoms with Crippen LogP contribution in [0.4, 0.5) is 0 Å². The lowest BCUT2D eigenvalue weighted by atomic mass is 9.96. The molecule has 0 radical (unpaired) electrons. The van der Waals surface area contributed by atoms with Gasteiger partial charge >= 0.3 is 0 Å². The number of rotatable bonds is 40. The molecule has 2 rings (SSSR count). The van der Waals surface area contributed by atoms with Crippen LogP contribution in [0.25, 0.3) is 10.9 Å². The topological polar surface area (TPSA) is 414 Å². The van der Waals surface area contributed by atoms with Crippen LogP contribution in [0.1, 0.15) is 148 Å². The standard InChI is InChI=1S/C51H90N16O7/c1-4-6-7-8-9-10-11-26-42(68)62-38(22-14-16-27-52)45(70)64-39(23-15-17-28-53)47(72)67-43(33(3)5-2)49(74)65-40(25-19-30-60-51(57)58)46(71)66-41(31-34-32-61-36-21-13-12-20-35(34)36)48(73)63-37(44(54)69)24-18-29-59-50(55)56/h12-13,20-21,32-33,37-41,43,61H,4-11,14-19,22-31,52-53H2,1-3H3,(H2,54,69)(H,62,68)(H,63,73)(H,64,70)(H,65,74)(H,66,71)(H,67,72)(H4,55,56,59)(H4,57,58,60)/t33-,37-,38-,39-,40-,41-,43-/m0/s1. The Bertz CT molecular complexity index is 2090. The number of H-pyrrole nitrogens is 1. The highest BCUT2D eigenvalue weighted by atomic mass is 16.2. The molecule has 7 atom stereocenters. The van der Waals surface area contributed by atoms with E-state index in [9.17, 15) is 33.6 Å². The summed E-state index contributed by atoms with van der Waals surface area (Å²) in [6.07, 6.45) is 13.0. The number of aromatic nitrogens is 1. The van der Waals surface area contributed by atoms with E-state index in [0.717, 1.165) is 43.0 Å². The molecule has 23 nitrogen and oxygen atoms in total. The number of carbonyl (C=O) groups excluding carboxylic acids is 7. The van der Waals surface area contributed by atoms with Crippen LogP contribution in [-0.4, -0.2) is 121 Å². The van der Waals surface area contributed by atoms with Gasteiger partial charge in [0.1, 0.15) is 36.3 Å². The number of unbranched alkanes of at least 4 members (excludes halogenated alkanes) is 8.